The van der Waals surface area contributed by atoms with Crippen molar-refractivity contribution in [1.82, 2.24) is 24.5 Å². The third-order valence-corrected chi connectivity index (χ3v) is 6.23. The number of anilines is 1. The van der Waals surface area contributed by atoms with Crippen molar-refractivity contribution in [2.24, 2.45) is 0 Å². The highest BCUT2D eigenvalue weighted by Crippen LogP contribution is 2.22. The Kier molecular flexibility index (Phi) is 6.48. The number of carbonyl (C=O) groups excluding carboxylic acids is 1. The normalized spacial score (nSPS) is 14.9. The Balaban J connectivity index is 1.18. The maximum Gasteiger partial charge on any atom is 0.246 e. The first-order chi connectivity index (χ1) is 16.2. The number of carbonyl (C=O) groups is 1. The van der Waals surface area contributed by atoms with Crippen LogP contribution in [0.5, 0.6) is 0 Å². The predicted octanol–water partition coefficient (Wildman–Crippen LogP) is 4.30. The second-order valence-corrected chi connectivity index (χ2v) is 8.85. The zero-order valence-electron chi connectivity index (χ0n) is 18.9. The summed E-state index contributed by atoms with van der Waals surface area (Å²) >= 11 is 0. The molecule has 4 aromatic rings. The van der Waals surface area contributed by atoms with Gasteiger partial charge in [-0.05, 0) is 55.8 Å². The van der Waals surface area contributed by atoms with Crippen LogP contribution in [0.4, 0.5) is 5.69 Å². The van der Waals surface area contributed by atoms with Crippen LogP contribution in [0.2, 0.25) is 0 Å². The lowest BCUT2D eigenvalue weighted by Crippen LogP contribution is -2.24. The van der Waals surface area contributed by atoms with Crippen molar-refractivity contribution in [3.63, 3.8) is 0 Å². The average Bonchev–Trinajstić information content (AvgIpc) is 3.33. The van der Waals surface area contributed by atoms with E-state index in [1.54, 1.807) is 4.68 Å². The third-order valence-electron chi connectivity index (χ3n) is 6.23. The maximum atomic E-state index is 12.6. The molecule has 3 heterocycles. The highest BCUT2D eigenvalue weighted by Gasteiger charge is 2.13. The fourth-order valence-electron chi connectivity index (χ4n) is 4.56. The molecule has 0 radical (unpaired) electrons. The molecule has 7 heteroatoms. The van der Waals surface area contributed by atoms with Crippen LogP contribution in [0.3, 0.4) is 0 Å². The van der Waals surface area contributed by atoms with Gasteiger partial charge in [-0.25, -0.2) is 4.68 Å². The van der Waals surface area contributed by atoms with E-state index in [0.29, 0.717) is 0 Å². The van der Waals surface area contributed by atoms with E-state index in [2.05, 4.69) is 67.7 Å². The predicted molar refractivity (Wildman–Crippen MR) is 130 cm³/mol. The van der Waals surface area contributed by atoms with Gasteiger partial charge in [-0.2, -0.15) is 0 Å². The second-order valence-electron chi connectivity index (χ2n) is 8.85. The van der Waals surface area contributed by atoms with Gasteiger partial charge in [0.2, 0.25) is 5.91 Å². The smallest absolute Gasteiger partial charge is 0.246 e. The lowest BCUT2D eigenvalue weighted by atomic mass is 10.2. The van der Waals surface area contributed by atoms with Crippen molar-refractivity contribution in [2.45, 2.75) is 45.3 Å². The van der Waals surface area contributed by atoms with E-state index < -0.39 is 0 Å². The SMILES string of the molecule is O=C(Cn1cc(CN2CCCCCC2)nn1)Nc1ccc2c(ccn2Cc2ccccc2)c1. The van der Waals surface area contributed by atoms with Crippen molar-refractivity contribution >= 4 is 22.5 Å². The monoisotopic (exact) mass is 442 g/mol. The molecule has 1 amide bonds. The molecule has 1 saturated heterocycles. The molecule has 0 bridgehead atoms. The van der Waals surface area contributed by atoms with Gasteiger partial charge in [-0.1, -0.05) is 48.4 Å². The molecule has 1 N–H and O–H groups in total. The molecule has 170 valence electrons. The van der Waals surface area contributed by atoms with Crippen LogP contribution >= 0.6 is 0 Å². The highest BCUT2D eigenvalue weighted by molar-refractivity contribution is 5.93. The Morgan fingerprint density at radius 2 is 1.76 bits per heavy atom. The maximum absolute atomic E-state index is 12.6. The number of fused-ring (bicyclic) bond motifs is 1. The number of aromatic nitrogens is 4. The van der Waals surface area contributed by atoms with E-state index >= 15 is 0 Å². The molecule has 2 aromatic heterocycles. The Labute approximate surface area is 194 Å². The first-order valence-corrected chi connectivity index (χ1v) is 11.8. The lowest BCUT2D eigenvalue weighted by Gasteiger charge is -2.17. The lowest BCUT2D eigenvalue weighted by molar-refractivity contribution is -0.116. The zero-order valence-corrected chi connectivity index (χ0v) is 18.9. The van der Waals surface area contributed by atoms with Gasteiger partial charge in [0.1, 0.15) is 6.54 Å². The summed E-state index contributed by atoms with van der Waals surface area (Å²) < 4.78 is 3.84. The van der Waals surface area contributed by atoms with Crippen LogP contribution in [0, 0.1) is 0 Å². The van der Waals surface area contributed by atoms with E-state index in [1.165, 1.54) is 31.2 Å². The number of likely N-dealkylation sites (tertiary alicyclic amines) is 1. The molecule has 1 aliphatic heterocycles. The van der Waals surface area contributed by atoms with Crippen molar-refractivity contribution in [2.75, 3.05) is 18.4 Å². The van der Waals surface area contributed by atoms with Gasteiger partial charge in [-0.15, -0.1) is 5.10 Å². The summed E-state index contributed by atoms with van der Waals surface area (Å²) in [4.78, 5) is 15.0. The van der Waals surface area contributed by atoms with E-state index in [1.807, 2.05) is 24.4 Å². The van der Waals surface area contributed by atoms with Gasteiger partial charge in [0.25, 0.3) is 0 Å². The quantitative estimate of drug-likeness (QED) is 0.463. The van der Waals surface area contributed by atoms with Crippen LogP contribution in [0.15, 0.2) is 67.0 Å². The van der Waals surface area contributed by atoms with Crippen molar-refractivity contribution < 1.29 is 4.79 Å². The van der Waals surface area contributed by atoms with E-state index in [-0.39, 0.29) is 12.5 Å². The Hall–Kier alpha value is -3.45. The summed E-state index contributed by atoms with van der Waals surface area (Å²) in [6.45, 7) is 4.01. The highest BCUT2D eigenvalue weighted by atomic mass is 16.2. The molecule has 5 rings (SSSR count). The summed E-state index contributed by atoms with van der Waals surface area (Å²) in [6.07, 6.45) is 9.09. The topological polar surface area (TPSA) is 68.0 Å². The number of rotatable bonds is 7. The average molecular weight is 443 g/mol. The van der Waals surface area contributed by atoms with E-state index in [9.17, 15) is 4.79 Å². The van der Waals surface area contributed by atoms with E-state index in [4.69, 9.17) is 0 Å². The van der Waals surface area contributed by atoms with Gasteiger partial charge in [0.15, 0.2) is 0 Å². The van der Waals surface area contributed by atoms with Crippen LogP contribution in [-0.2, 0) is 24.4 Å². The van der Waals surface area contributed by atoms with Gasteiger partial charge in [-0.3, -0.25) is 9.69 Å². The van der Waals surface area contributed by atoms with Gasteiger partial charge in [0, 0.05) is 35.9 Å². The number of hydrogen-bond donors (Lipinski definition) is 1. The van der Waals surface area contributed by atoms with Crippen LogP contribution in [-0.4, -0.2) is 43.5 Å². The Morgan fingerprint density at radius 3 is 2.58 bits per heavy atom. The summed E-state index contributed by atoms with van der Waals surface area (Å²) in [7, 11) is 0. The minimum atomic E-state index is -0.107. The molecular weight excluding hydrogens is 412 g/mol. The largest absolute Gasteiger partial charge is 0.343 e. The Morgan fingerprint density at radius 1 is 0.939 bits per heavy atom. The number of nitrogens with one attached hydrogen (secondary N) is 1. The minimum Gasteiger partial charge on any atom is -0.343 e. The number of amides is 1. The van der Waals surface area contributed by atoms with Gasteiger partial charge >= 0.3 is 0 Å². The molecule has 0 saturated carbocycles. The van der Waals surface area contributed by atoms with Crippen LogP contribution < -0.4 is 5.32 Å². The molecule has 7 nitrogen and oxygen atoms in total. The Bertz CT molecular complexity index is 1200. The van der Waals surface area contributed by atoms with Crippen molar-refractivity contribution in [3.05, 3.63) is 78.2 Å². The molecular formula is C26H30N6O. The number of benzene rings is 2. The molecule has 33 heavy (non-hydrogen) atoms. The zero-order chi connectivity index (χ0) is 22.5. The first-order valence-electron chi connectivity index (χ1n) is 11.8. The van der Waals surface area contributed by atoms with Crippen molar-refractivity contribution in [3.8, 4) is 0 Å². The summed E-state index contributed by atoms with van der Waals surface area (Å²) in [5, 5.41) is 12.5. The number of hydrogen-bond acceptors (Lipinski definition) is 4. The molecule has 1 aliphatic rings. The summed E-state index contributed by atoms with van der Waals surface area (Å²) in [5.74, 6) is -0.107. The first kappa shape index (κ1) is 21.4. The molecule has 0 unspecified atom stereocenters. The molecule has 0 aliphatic carbocycles. The third kappa shape index (κ3) is 5.49. The van der Waals surface area contributed by atoms with E-state index in [0.717, 1.165) is 48.5 Å². The van der Waals surface area contributed by atoms with Gasteiger partial charge in [0.05, 0.1) is 11.9 Å². The minimum absolute atomic E-state index is 0.107. The fraction of sp³-hybridized carbons (Fsp3) is 0.346. The van der Waals surface area contributed by atoms with Crippen LogP contribution in [0.1, 0.15) is 36.9 Å². The molecule has 0 spiro atoms. The van der Waals surface area contributed by atoms with Gasteiger partial charge < -0.3 is 9.88 Å². The fourth-order valence-corrected chi connectivity index (χ4v) is 4.56. The molecule has 0 atom stereocenters. The summed E-state index contributed by atoms with van der Waals surface area (Å²) in [6, 6.07) is 18.5. The van der Waals surface area contributed by atoms with Crippen molar-refractivity contribution in [1.29, 1.82) is 0 Å². The standard InChI is InChI=1S/C26H30N6O/c33-26(20-32-19-24(28-29-32)18-30-13-6-1-2-7-14-30)27-23-10-11-25-22(16-23)12-15-31(25)17-21-8-4-3-5-9-21/h3-5,8-12,15-16,19H,1-2,6-7,13-14,17-18,20H2,(H,27,33). The molecule has 2 aromatic carbocycles. The van der Waals surface area contributed by atoms with Crippen LogP contribution in [0.25, 0.3) is 10.9 Å². The summed E-state index contributed by atoms with van der Waals surface area (Å²) in [5.41, 5.74) is 4.11. The number of nitrogens with zero attached hydrogens (tertiary/aromatic N) is 5. The molecule has 1 fully saturated rings. The second kappa shape index (κ2) is 10.0.